The number of rotatable bonds is 3. The third-order valence-electron chi connectivity index (χ3n) is 3.47. The quantitative estimate of drug-likeness (QED) is 0.358. The van der Waals surface area contributed by atoms with Gasteiger partial charge in [0, 0.05) is 21.2 Å². The third-order valence-corrected chi connectivity index (χ3v) is 4.57. The lowest BCUT2D eigenvalue weighted by molar-refractivity contribution is 0.112. The summed E-state index contributed by atoms with van der Waals surface area (Å²) in [5.74, 6) is 0. The highest BCUT2D eigenvalue weighted by Gasteiger charge is 2.16. The van der Waals surface area contributed by atoms with Gasteiger partial charge in [-0.2, -0.15) is 0 Å². The van der Waals surface area contributed by atoms with E-state index in [4.69, 9.17) is 46.4 Å². The van der Waals surface area contributed by atoms with Crippen LogP contribution in [0.3, 0.4) is 0 Å². The zero-order valence-corrected chi connectivity index (χ0v) is 15.1. The van der Waals surface area contributed by atoms with E-state index in [9.17, 15) is 4.79 Å². The number of aldehydes is 1. The van der Waals surface area contributed by atoms with Gasteiger partial charge in [0.15, 0.2) is 6.29 Å². The van der Waals surface area contributed by atoms with Crippen LogP contribution < -0.4 is 0 Å². The van der Waals surface area contributed by atoms with Crippen molar-refractivity contribution in [1.82, 2.24) is 4.98 Å². The highest BCUT2D eigenvalue weighted by Crippen LogP contribution is 2.37. The van der Waals surface area contributed by atoms with Gasteiger partial charge in [-0.1, -0.05) is 58.5 Å². The largest absolute Gasteiger partial charge is 0.298 e. The molecule has 2 nitrogen and oxygen atoms in total. The minimum absolute atomic E-state index is 0.115. The van der Waals surface area contributed by atoms with Gasteiger partial charge in [0.25, 0.3) is 0 Å². The average Bonchev–Trinajstić information content (AvgIpc) is 2.56. The van der Waals surface area contributed by atoms with E-state index in [0.29, 0.717) is 38.2 Å². The van der Waals surface area contributed by atoms with Crippen LogP contribution in [0.4, 0.5) is 0 Å². The van der Waals surface area contributed by atoms with Crippen molar-refractivity contribution >= 4 is 52.7 Å². The van der Waals surface area contributed by atoms with Crippen molar-refractivity contribution in [2.75, 3.05) is 0 Å². The molecule has 0 saturated carbocycles. The molecule has 0 saturated heterocycles. The minimum atomic E-state index is 0.115. The molecule has 0 aliphatic carbocycles. The van der Waals surface area contributed by atoms with Crippen molar-refractivity contribution in [2.45, 2.75) is 0 Å². The van der Waals surface area contributed by atoms with Crippen LogP contribution in [0.5, 0.6) is 0 Å². The van der Waals surface area contributed by atoms with Crippen molar-refractivity contribution in [1.29, 1.82) is 0 Å². The molecule has 0 radical (unpaired) electrons. The highest BCUT2D eigenvalue weighted by molar-refractivity contribution is 6.36. The zero-order chi connectivity index (χ0) is 17.3. The second-order valence-corrected chi connectivity index (χ2v) is 6.65. The van der Waals surface area contributed by atoms with E-state index in [-0.39, 0.29) is 5.15 Å². The Morgan fingerprint density at radius 3 is 2.08 bits per heavy atom. The maximum Gasteiger partial charge on any atom is 0.153 e. The lowest BCUT2D eigenvalue weighted by Crippen LogP contribution is -1.95. The number of nitrogens with zero attached hydrogens (tertiary/aromatic N) is 1. The number of carbonyl (C=O) groups excluding carboxylic acids is 1. The molecule has 0 N–H and O–H groups in total. The zero-order valence-electron chi connectivity index (χ0n) is 12.1. The maximum atomic E-state index is 11.2. The molecule has 120 valence electrons. The first-order valence-corrected chi connectivity index (χ1v) is 8.38. The summed E-state index contributed by atoms with van der Waals surface area (Å²) in [6.07, 6.45) is 0.669. The molecule has 1 aromatic heterocycles. The molecule has 6 heteroatoms. The number of benzene rings is 2. The van der Waals surface area contributed by atoms with E-state index in [0.717, 1.165) is 11.1 Å². The van der Waals surface area contributed by atoms with Crippen LogP contribution in [-0.2, 0) is 0 Å². The van der Waals surface area contributed by atoms with E-state index in [1.807, 2.05) is 12.1 Å². The molecule has 0 fully saturated rings. The number of halogens is 4. The SMILES string of the molecule is O=Cc1cc(-c2ccc(Cl)cc2)c(-c2ccc(Cl)cc2Cl)nc1Cl. The molecule has 24 heavy (non-hydrogen) atoms. The van der Waals surface area contributed by atoms with Gasteiger partial charge in [0.05, 0.1) is 16.3 Å². The van der Waals surface area contributed by atoms with Gasteiger partial charge in [0.1, 0.15) is 5.15 Å². The number of carbonyl (C=O) groups is 1. The van der Waals surface area contributed by atoms with Gasteiger partial charge in [-0.15, -0.1) is 0 Å². The fourth-order valence-electron chi connectivity index (χ4n) is 2.33. The standard InChI is InChI=1S/C18H9Cl4NO/c19-12-3-1-10(2-4-12)15-7-11(9-24)18(22)23-17(15)14-6-5-13(20)8-16(14)21/h1-9H. The van der Waals surface area contributed by atoms with E-state index >= 15 is 0 Å². The van der Waals surface area contributed by atoms with Crippen LogP contribution in [0.15, 0.2) is 48.5 Å². The van der Waals surface area contributed by atoms with Gasteiger partial charge in [-0.05, 0) is 42.0 Å². The van der Waals surface area contributed by atoms with Crippen molar-refractivity contribution in [2.24, 2.45) is 0 Å². The van der Waals surface area contributed by atoms with E-state index in [1.165, 1.54) is 0 Å². The third kappa shape index (κ3) is 3.42. The summed E-state index contributed by atoms with van der Waals surface area (Å²) in [4.78, 5) is 15.6. The molecular weight excluding hydrogens is 388 g/mol. The summed E-state index contributed by atoms with van der Waals surface area (Å²) < 4.78 is 0. The first-order valence-electron chi connectivity index (χ1n) is 6.86. The van der Waals surface area contributed by atoms with Crippen LogP contribution in [0.2, 0.25) is 20.2 Å². The second-order valence-electron chi connectivity index (χ2n) is 5.01. The Labute approximate surface area is 159 Å². The fraction of sp³-hybridized carbons (Fsp3) is 0. The molecule has 0 aliphatic rings. The Morgan fingerprint density at radius 2 is 1.46 bits per heavy atom. The summed E-state index contributed by atoms with van der Waals surface area (Å²) in [5.41, 5.74) is 3.10. The molecule has 2 aromatic carbocycles. The second kappa shape index (κ2) is 7.12. The Bertz CT molecular complexity index is 923. The molecule has 3 rings (SSSR count). The molecule has 1 heterocycles. The molecule has 0 amide bonds. The number of aromatic nitrogens is 1. The topological polar surface area (TPSA) is 30.0 Å². The van der Waals surface area contributed by atoms with Crippen LogP contribution in [0, 0.1) is 0 Å². The Hall–Kier alpha value is -1.58. The highest BCUT2D eigenvalue weighted by atomic mass is 35.5. The molecule has 0 atom stereocenters. The first-order chi connectivity index (χ1) is 11.5. The number of hydrogen-bond acceptors (Lipinski definition) is 2. The van der Waals surface area contributed by atoms with Gasteiger partial charge in [-0.25, -0.2) is 4.98 Å². The lowest BCUT2D eigenvalue weighted by Gasteiger charge is -2.13. The van der Waals surface area contributed by atoms with E-state index < -0.39 is 0 Å². The number of pyridine rings is 1. The van der Waals surface area contributed by atoms with Crippen LogP contribution in [0.1, 0.15) is 10.4 Å². The van der Waals surface area contributed by atoms with E-state index in [1.54, 1.807) is 36.4 Å². The van der Waals surface area contributed by atoms with Gasteiger partial charge < -0.3 is 0 Å². The predicted octanol–water partition coefficient (Wildman–Crippen LogP) is 6.84. The van der Waals surface area contributed by atoms with Gasteiger partial charge in [0.2, 0.25) is 0 Å². The molecule has 3 aromatic rings. The number of hydrogen-bond donors (Lipinski definition) is 0. The summed E-state index contributed by atoms with van der Waals surface area (Å²) in [6.45, 7) is 0. The summed E-state index contributed by atoms with van der Waals surface area (Å²) in [7, 11) is 0. The normalized spacial score (nSPS) is 10.7. The van der Waals surface area contributed by atoms with Gasteiger partial charge in [-0.3, -0.25) is 4.79 Å². The molecule has 0 spiro atoms. The maximum absolute atomic E-state index is 11.2. The van der Waals surface area contributed by atoms with Crippen molar-refractivity contribution in [3.05, 3.63) is 74.3 Å². The predicted molar refractivity (Wildman–Crippen MR) is 101 cm³/mol. The summed E-state index contributed by atoms with van der Waals surface area (Å²) in [6, 6.07) is 14.0. The summed E-state index contributed by atoms with van der Waals surface area (Å²) >= 11 is 24.4. The van der Waals surface area contributed by atoms with Crippen LogP contribution >= 0.6 is 46.4 Å². The smallest absolute Gasteiger partial charge is 0.153 e. The Balaban J connectivity index is 2.29. The first kappa shape index (κ1) is 17.2. The fourth-order valence-corrected chi connectivity index (χ4v) is 3.13. The van der Waals surface area contributed by atoms with Crippen LogP contribution in [-0.4, -0.2) is 11.3 Å². The van der Waals surface area contributed by atoms with Gasteiger partial charge >= 0.3 is 0 Å². The summed E-state index contributed by atoms with van der Waals surface area (Å²) in [5, 5.41) is 1.69. The lowest BCUT2D eigenvalue weighted by atomic mass is 9.98. The van der Waals surface area contributed by atoms with Crippen LogP contribution in [0.25, 0.3) is 22.4 Å². The Kier molecular flexibility index (Phi) is 5.12. The minimum Gasteiger partial charge on any atom is -0.298 e. The Morgan fingerprint density at radius 1 is 0.792 bits per heavy atom. The molecule has 0 aliphatic heterocycles. The van der Waals surface area contributed by atoms with Crippen molar-refractivity contribution in [3.8, 4) is 22.4 Å². The van der Waals surface area contributed by atoms with Crippen molar-refractivity contribution in [3.63, 3.8) is 0 Å². The molecular formula is C18H9Cl4NO. The van der Waals surface area contributed by atoms with E-state index in [2.05, 4.69) is 4.98 Å². The van der Waals surface area contributed by atoms with Crippen molar-refractivity contribution < 1.29 is 4.79 Å². The molecule has 0 bridgehead atoms. The average molecular weight is 397 g/mol. The molecule has 0 unspecified atom stereocenters. The monoisotopic (exact) mass is 395 g/mol.